The van der Waals surface area contributed by atoms with Crippen LogP contribution in [0.5, 0.6) is 11.5 Å². The summed E-state index contributed by atoms with van der Waals surface area (Å²) in [4.78, 5) is 38.7. The molecule has 0 aliphatic carbocycles. The van der Waals surface area contributed by atoms with Gasteiger partial charge in [0.25, 0.3) is 5.78 Å². The van der Waals surface area contributed by atoms with Crippen molar-refractivity contribution in [3.63, 3.8) is 0 Å². The number of aliphatic hydroxyl groups excluding tert-OH is 1. The molecule has 10 heteroatoms. The third-order valence-corrected chi connectivity index (χ3v) is 8.66. The molecule has 1 aliphatic heterocycles. The Balaban J connectivity index is 1.61. The number of anilines is 1. The number of amides is 1. The highest BCUT2D eigenvalue weighted by Crippen LogP contribution is 2.46. The summed E-state index contributed by atoms with van der Waals surface area (Å²) in [6.45, 7) is 12.3. The summed E-state index contributed by atoms with van der Waals surface area (Å²) < 4.78 is 14.4. The third kappa shape index (κ3) is 4.62. The van der Waals surface area contributed by atoms with E-state index in [9.17, 15) is 14.7 Å². The number of nitrogens with zero attached hydrogens (tertiary/aromatic N) is 4. The van der Waals surface area contributed by atoms with Crippen molar-refractivity contribution >= 4 is 49.8 Å². The molecule has 1 atom stereocenters. The number of carbonyl (C=O) groups is 2. The summed E-state index contributed by atoms with van der Waals surface area (Å²) in [5.41, 5.74) is 5.77. The number of imidazole rings is 1. The van der Waals surface area contributed by atoms with E-state index in [1.165, 1.54) is 16.2 Å². The number of aryl methyl sites for hydroxylation is 4. The highest BCUT2D eigenvalue weighted by atomic mass is 32.1. The average Bonchev–Trinajstić information content (AvgIpc) is 3.62. The molecule has 220 valence electrons. The monoisotopic (exact) mass is 596 g/mol. The van der Waals surface area contributed by atoms with Gasteiger partial charge in [-0.15, -0.1) is 0 Å². The van der Waals surface area contributed by atoms with Crippen LogP contribution in [0.25, 0.3) is 21.6 Å². The van der Waals surface area contributed by atoms with E-state index in [0.717, 1.165) is 26.9 Å². The van der Waals surface area contributed by atoms with Gasteiger partial charge in [0.05, 0.1) is 40.7 Å². The predicted molar refractivity (Wildman–Crippen MR) is 167 cm³/mol. The average molecular weight is 597 g/mol. The molecule has 4 heterocycles. The van der Waals surface area contributed by atoms with Crippen molar-refractivity contribution in [2.24, 2.45) is 0 Å². The summed E-state index contributed by atoms with van der Waals surface area (Å²) in [5.74, 6) is -0.906. The summed E-state index contributed by atoms with van der Waals surface area (Å²) >= 11 is 1.33. The van der Waals surface area contributed by atoms with E-state index in [1.54, 1.807) is 18.2 Å². The first kappa shape index (κ1) is 28.4. The third-order valence-electron chi connectivity index (χ3n) is 7.66. The van der Waals surface area contributed by atoms with Gasteiger partial charge in [-0.3, -0.25) is 14.5 Å². The molecule has 1 fully saturated rings. The van der Waals surface area contributed by atoms with Crippen LogP contribution in [-0.4, -0.2) is 44.4 Å². The van der Waals surface area contributed by atoms with Crippen molar-refractivity contribution in [1.29, 1.82) is 0 Å². The number of ether oxygens (including phenoxy) is 2. The number of Topliss-reactive ketones (excluding diaryl/α,β-unsaturated/α-hetero) is 1. The highest BCUT2D eigenvalue weighted by Gasteiger charge is 2.49. The quantitative estimate of drug-likeness (QED) is 0.128. The Hall–Kier alpha value is -4.70. The molecular weight excluding hydrogens is 564 g/mol. The minimum atomic E-state index is -0.984. The lowest BCUT2D eigenvalue weighted by molar-refractivity contribution is -0.132. The lowest BCUT2D eigenvalue weighted by Gasteiger charge is -2.24. The normalized spacial score (nSPS) is 16.5. The molecule has 43 heavy (non-hydrogen) atoms. The number of fused-ring (bicyclic) bond motifs is 2. The SMILES string of the molecule is CCOc1ccc(C2C(=C(O)c3nc4c(C)cccn4c3C)C(=O)C(=O)N2c2nc3c(C)cc(C)cc3s2)cc1OCC. The molecular formula is C33H32N4O5S. The van der Waals surface area contributed by atoms with Gasteiger partial charge in [0.15, 0.2) is 22.4 Å². The number of rotatable bonds is 7. The van der Waals surface area contributed by atoms with Gasteiger partial charge in [0.2, 0.25) is 0 Å². The van der Waals surface area contributed by atoms with Crippen molar-refractivity contribution in [2.45, 2.75) is 47.6 Å². The number of hydrogen-bond donors (Lipinski definition) is 1. The maximum Gasteiger partial charge on any atom is 0.301 e. The molecule has 9 nitrogen and oxygen atoms in total. The van der Waals surface area contributed by atoms with Crippen molar-refractivity contribution < 1.29 is 24.2 Å². The number of pyridine rings is 1. The minimum Gasteiger partial charge on any atom is -0.505 e. The van der Waals surface area contributed by atoms with Crippen molar-refractivity contribution in [1.82, 2.24) is 14.4 Å². The first-order chi connectivity index (χ1) is 20.6. The Morgan fingerprint density at radius 1 is 0.953 bits per heavy atom. The largest absolute Gasteiger partial charge is 0.505 e. The van der Waals surface area contributed by atoms with Crippen molar-refractivity contribution in [3.05, 3.63) is 87.9 Å². The van der Waals surface area contributed by atoms with Crippen LogP contribution in [0.3, 0.4) is 0 Å². The molecule has 0 bridgehead atoms. The topological polar surface area (TPSA) is 106 Å². The zero-order chi connectivity index (χ0) is 30.6. The number of aromatic nitrogens is 3. The molecule has 0 spiro atoms. The summed E-state index contributed by atoms with van der Waals surface area (Å²) in [5, 5.41) is 12.2. The lowest BCUT2D eigenvalue weighted by atomic mass is 9.96. The van der Waals surface area contributed by atoms with Crippen LogP contribution < -0.4 is 14.4 Å². The molecule has 3 aromatic heterocycles. The van der Waals surface area contributed by atoms with E-state index in [-0.39, 0.29) is 17.0 Å². The second-order valence-electron chi connectivity index (χ2n) is 10.6. The molecule has 0 saturated carbocycles. The van der Waals surface area contributed by atoms with Crippen LogP contribution in [0.2, 0.25) is 0 Å². The van der Waals surface area contributed by atoms with E-state index in [2.05, 4.69) is 0 Å². The van der Waals surface area contributed by atoms with Crippen molar-refractivity contribution in [2.75, 3.05) is 18.1 Å². The lowest BCUT2D eigenvalue weighted by Crippen LogP contribution is -2.29. The van der Waals surface area contributed by atoms with Gasteiger partial charge < -0.3 is 19.0 Å². The Kier molecular flexibility index (Phi) is 7.17. The molecule has 2 aromatic carbocycles. The molecule has 1 amide bonds. The zero-order valence-electron chi connectivity index (χ0n) is 24.9. The maximum atomic E-state index is 13.9. The Morgan fingerprint density at radius 3 is 2.42 bits per heavy atom. The van der Waals surface area contributed by atoms with Gasteiger partial charge in [-0.1, -0.05) is 29.5 Å². The Bertz CT molecular complexity index is 1970. The van der Waals surface area contributed by atoms with Crippen LogP contribution >= 0.6 is 11.3 Å². The van der Waals surface area contributed by atoms with Gasteiger partial charge in [-0.25, -0.2) is 9.97 Å². The van der Waals surface area contributed by atoms with Crippen LogP contribution in [0, 0.1) is 27.7 Å². The minimum absolute atomic E-state index is 0.0621. The van der Waals surface area contributed by atoms with E-state index in [1.807, 2.05) is 76.4 Å². The van der Waals surface area contributed by atoms with Crippen molar-refractivity contribution in [3.8, 4) is 11.5 Å². The molecule has 6 rings (SSSR count). The molecule has 0 radical (unpaired) electrons. The van der Waals surface area contributed by atoms with Crippen LogP contribution in [0.1, 0.15) is 53.5 Å². The number of carbonyl (C=O) groups excluding carboxylic acids is 2. The fraction of sp³-hybridized carbons (Fsp3) is 0.273. The summed E-state index contributed by atoms with van der Waals surface area (Å²) in [6, 6.07) is 12.2. The van der Waals surface area contributed by atoms with Gasteiger partial charge >= 0.3 is 5.91 Å². The zero-order valence-corrected chi connectivity index (χ0v) is 25.7. The van der Waals surface area contributed by atoms with E-state index in [4.69, 9.17) is 19.4 Å². The fourth-order valence-electron chi connectivity index (χ4n) is 5.72. The van der Waals surface area contributed by atoms with Crippen LogP contribution in [-0.2, 0) is 9.59 Å². The number of hydrogen-bond acceptors (Lipinski definition) is 8. The van der Waals surface area contributed by atoms with Gasteiger partial charge in [-0.05, 0) is 88.1 Å². The second kappa shape index (κ2) is 10.9. The number of ketones is 1. The predicted octanol–water partition coefficient (Wildman–Crippen LogP) is 6.60. The molecule has 1 N–H and O–H groups in total. The molecule has 1 aliphatic rings. The molecule has 1 unspecified atom stereocenters. The number of benzene rings is 2. The van der Waals surface area contributed by atoms with E-state index >= 15 is 0 Å². The second-order valence-corrected chi connectivity index (χ2v) is 11.6. The highest BCUT2D eigenvalue weighted by molar-refractivity contribution is 7.22. The standard InChI is InChI=1S/C33H32N4O5S/c1-7-41-22-12-11-21(16-23(22)42-8-2)28-25(29(38)27-20(6)36-13-9-10-18(4)31(36)34-27)30(39)32(40)37(28)33-35-26-19(5)14-17(3)15-24(26)43-33/h9-16,28,38H,7-8H2,1-6H3. The van der Waals surface area contributed by atoms with Gasteiger partial charge in [0.1, 0.15) is 11.3 Å². The fourth-order valence-corrected chi connectivity index (χ4v) is 6.89. The molecule has 1 saturated heterocycles. The summed E-state index contributed by atoms with van der Waals surface area (Å²) in [6.07, 6.45) is 1.85. The first-order valence-corrected chi connectivity index (χ1v) is 15.0. The Labute approximate surface area is 253 Å². The number of aliphatic hydroxyl groups is 1. The van der Waals surface area contributed by atoms with Gasteiger partial charge in [-0.2, -0.15) is 0 Å². The smallest absolute Gasteiger partial charge is 0.301 e. The molecule has 5 aromatic rings. The summed E-state index contributed by atoms with van der Waals surface area (Å²) in [7, 11) is 0. The first-order valence-electron chi connectivity index (χ1n) is 14.2. The Morgan fingerprint density at radius 2 is 1.70 bits per heavy atom. The maximum absolute atomic E-state index is 13.9. The van der Waals surface area contributed by atoms with Crippen LogP contribution in [0.15, 0.2) is 54.2 Å². The van der Waals surface area contributed by atoms with Gasteiger partial charge in [0, 0.05) is 6.20 Å². The number of thiazole rings is 1. The van der Waals surface area contributed by atoms with E-state index in [0.29, 0.717) is 46.7 Å². The van der Waals surface area contributed by atoms with E-state index < -0.39 is 17.7 Å². The van der Waals surface area contributed by atoms with Crippen LogP contribution in [0.4, 0.5) is 5.13 Å².